The number of rotatable bonds is 2. The Morgan fingerprint density at radius 1 is 1.58 bits per heavy atom. The summed E-state index contributed by atoms with van der Waals surface area (Å²) < 4.78 is 13.3. The topological polar surface area (TPSA) is 26.0 Å². The van der Waals surface area contributed by atoms with Gasteiger partial charge in [-0.05, 0) is 12.5 Å². The van der Waals surface area contributed by atoms with Crippen molar-refractivity contribution in [3.8, 4) is 0 Å². The van der Waals surface area contributed by atoms with Crippen LogP contribution in [0, 0.1) is 12.7 Å². The average Bonchev–Trinajstić information content (AvgIpc) is 2.08. The second-order valence-electron chi connectivity index (χ2n) is 2.74. The highest BCUT2D eigenvalue weighted by Crippen LogP contribution is 2.17. The third kappa shape index (κ3) is 1.53. The van der Waals surface area contributed by atoms with Crippen LogP contribution in [0.4, 0.5) is 4.39 Å². The zero-order chi connectivity index (χ0) is 9.14. The first kappa shape index (κ1) is 8.94. The predicted octanol–water partition coefficient (Wildman–Crippen LogP) is 2.32. The maximum absolute atomic E-state index is 13.3. The van der Waals surface area contributed by atoms with Crippen LogP contribution in [0.2, 0.25) is 0 Å². The highest BCUT2D eigenvalue weighted by Gasteiger charge is 2.08. The van der Waals surface area contributed by atoms with Crippen LogP contribution >= 0.6 is 0 Å². The normalized spacial score (nSPS) is 12.6. The van der Waals surface area contributed by atoms with E-state index in [1.165, 1.54) is 6.08 Å². The molecular formula is C10H12FN. The number of aryl methyl sites for hydroxylation is 1. The molecule has 2 heteroatoms. The highest BCUT2D eigenvalue weighted by molar-refractivity contribution is 5.29. The molecular weight excluding hydrogens is 153 g/mol. The van der Waals surface area contributed by atoms with Crippen molar-refractivity contribution in [2.45, 2.75) is 13.0 Å². The van der Waals surface area contributed by atoms with E-state index < -0.39 is 6.04 Å². The number of hydrogen-bond acceptors (Lipinski definition) is 1. The number of benzene rings is 1. The lowest BCUT2D eigenvalue weighted by Gasteiger charge is -2.08. The van der Waals surface area contributed by atoms with E-state index in [0.29, 0.717) is 11.1 Å². The van der Waals surface area contributed by atoms with Crippen molar-refractivity contribution in [1.29, 1.82) is 0 Å². The fourth-order valence-electron chi connectivity index (χ4n) is 1.05. The Labute approximate surface area is 71.7 Å². The average molecular weight is 165 g/mol. The van der Waals surface area contributed by atoms with Crippen LogP contribution in [0.5, 0.6) is 0 Å². The highest BCUT2D eigenvalue weighted by atomic mass is 19.1. The minimum atomic E-state index is -0.412. The summed E-state index contributed by atoms with van der Waals surface area (Å²) in [5.74, 6) is -0.232. The van der Waals surface area contributed by atoms with Crippen molar-refractivity contribution in [2.24, 2.45) is 5.73 Å². The molecule has 0 aliphatic heterocycles. The standard InChI is InChI=1S/C10H12FN/c1-3-9(12)8-6-4-5-7(2)10(8)11/h3-6,9H,1,12H2,2H3/t9-/m1/s1. The van der Waals surface area contributed by atoms with Crippen molar-refractivity contribution in [3.63, 3.8) is 0 Å². The third-order valence-corrected chi connectivity index (χ3v) is 1.83. The van der Waals surface area contributed by atoms with E-state index in [1.807, 2.05) is 0 Å². The lowest BCUT2D eigenvalue weighted by atomic mass is 10.0. The van der Waals surface area contributed by atoms with Crippen molar-refractivity contribution < 1.29 is 4.39 Å². The zero-order valence-corrected chi connectivity index (χ0v) is 7.05. The molecule has 0 saturated carbocycles. The molecule has 1 rings (SSSR count). The molecule has 0 amide bonds. The molecule has 1 nitrogen and oxygen atoms in total. The second kappa shape index (κ2) is 3.50. The van der Waals surface area contributed by atoms with Gasteiger partial charge in [0.2, 0.25) is 0 Å². The van der Waals surface area contributed by atoms with Crippen molar-refractivity contribution in [2.75, 3.05) is 0 Å². The Balaban J connectivity index is 3.15. The molecule has 0 spiro atoms. The third-order valence-electron chi connectivity index (χ3n) is 1.83. The second-order valence-corrected chi connectivity index (χ2v) is 2.74. The minimum absolute atomic E-state index is 0.232. The fourth-order valence-corrected chi connectivity index (χ4v) is 1.05. The van der Waals surface area contributed by atoms with Crippen LogP contribution in [0.15, 0.2) is 30.9 Å². The summed E-state index contributed by atoms with van der Waals surface area (Å²) in [6, 6.07) is 4.77. The van der Waals surface area contributed by atoms with E-state index >= 15 is 0 Å². The van der Waals surface area contributed by atoms with Crippen LogP contribution in [-0.2, 0) is 0 Å². The quantitative estimate of drug-likeness (QED) is 0.669. The summed E-state index contributed by atoms with van der Waals surface area (Å²) >= 11 is 0. The first-order valence-electron chi connectivity index (χ1n) is 3.80. The first-order valence-corrected chi connectivity index (χ1v) is 3.80. The lowest BCUT2D eigenvalue weighted by Crippen LogP contribution is -2.09. The zero-order valence-electron chi connectivity index (χ0n) is 7.05. The van der Waals surface area contributed by atoms with Crippen molar-refractivity contribution >= 4 is 0 Å². The number of halogens is 1. The van der Waals surface area contributed by atoms with E-state index in [-0.39, 0.29) is 5.82 Å². The summed E-state index contributed by atoms with van der Waals surface area (Å²) in [7, 11) is 0. The van der Waals surface area contributed by atoms with Gasteiger partial charge in [-0.2, -0.15) is 0 Å². The Kier molecular flexibility index (Phi) is 2.61. The van der Waals surface area contributed by atoms with E-state index in [0.717, 1.165) is 0 Å². The van der Waals surface area contributed by atoms with Gasteiger partial charge in [-0.1, -0.05) is 24.3 Å². The van der Waals surface area contributed by atoms with E-state index in [2.05, 4.69) is 6.58 Å². The Hall–Kier alpha value is -1.15. The molecule has 64 valence electrons. The molecule has 1 aromatic carbocycles. The minimum Gasteiger partial charge on any atom is -0.321 e. The SMILES string of the molecule is C=C[C@@H](N)c1cccc(C)c1F. The Bertz CT molecular complexity index is 294. The summed E-state index contributed by atoms with van der Waals surface area (Å²) in [5.41, 5.74) is 6.73. The Morgan fingerprint density at radius 2 is 2.25 bits per heavy atom. The summed E-state index contributed by atoms with van der Waals surface area (Å²) in [4.78, 5) is 0. The van der Waals surface area contributed by atoms with Crippen LogP contribution in [-0.4, -0.2) is 0 Å². The van der Waals surface area contributed by atoms with E-state index in [1.54, 1.807) is 25.1 Å². The van der Waals surface area contributed by atoms with Gasteiger partial charge in [0.15, 0.2) is 0 Å². The van der Waals surface area contributed by atoms with Gasteiger partial charge in [-0.15, -0.1) is 6.58 Å². The molecule has 12 heavy (non-hydrogen) atoms. The molecule has 0 bridgehead atoms. The molecule has 0 heterocycles. The molecule has 0 aliphatic rings. The maximum Gasteiger partial charge on any atom is 0.131 e. The van der Waals surface area contributed by atoms with Gasteiger partial charge in [0.05, 0.1) is 6.04 Å². The van der Waals surface area contributed by atoms with Crippen LogP contribution in [0.1, 0.15) is 17.2 Å². The molecule has 0 aromatic heterocycles. The molecule has 1 atom stereocenters. The molecule has 0 fully saturated rings. The molecule has 0 aliphatic carbocycles. The Morgan fingerprint density at radius 3 is 2.83 bits per heavy atom. The largest absolute Gasteiger partial charge is 0.321 e. The number of nitrogens with two attached hydrogens (primary N) is 1. The molecule has 0 saturated heterocycles. The van der Waals surface area contributed by atoms with Gasteiger partial charge in [0, 0.05) is 5.56 Å². The first-order chi connectivity index (χ1) is 5.66. The van der Waals surface area contributed by atoms with Gasteiger partial charge in [-0.3, -0.25) is 0 Å². The van der Waals surface area contributed by atoms with E-state index in [9.17, 15) is 4.39 Å². The van der Waals surface area contributed by atoms with Crippen LogP contribution < -0.4 is 5.73 Å². The van der Waals surface area contributed by atoms with Gasteiger partial charge in [-0.25, -0.2) is 4.39 Å². The molecule has 0 radical (unpaired) electrons. The van der Waals surface area contributed by atoms with Crippen LogP contribution in [0.3, 0.4) is 0 Å². The molecule has 2 N–H and O–H groups in total. The summed E-state index contributed by atoms with van der Waals surface area (Å²) in [5, 5.41) is 0. The van der Waals surface area contributed by atoms with Gasteiger partial charge in [0.1, 0.15) is 5.82 Å². The molecule has 0 unspecified atom stereocenters. The van der Waals surface area contributed by atoms with Gasteiger partial charge >= 0.3 is 0 Å². The number of hydrogen-bond donors (Lipinski definition) is 1. The molecule has 1 aromatic rings. The predicted molar refractivity (Wildman–Crippen MR) is 48.3 cm³/mol. The van der Waals surface area contributed by atoms with Crippen LogP contribution in [0.25, 0.3) is 0 Å². The maximum atomic E-state index is 13.3. The van der Waals surface area contributed by atoms with Gasteiger partial charge in [0.25, 0.3) is 0 Å². The summed E-state index contributed by atoms with van der Waals surface area (Å²) in [6.45, 7) is 5.23. The van der Waals surface area contributed by atoms with Gasteiger partial charge < -0.3 is 5.73 Å². The monoisotopic (exact) mass is 165 g/mol. The van der Waals surface area contributed by atoms with Crippen molar-refractivity contribution in [3.05, 3.63) is 47.8 Å². The fraction of sp³-hybridized carbons (Fsp3) is 0.200. The summed E-state index contributed by atoms with van der Waals surface area (Å²) in [6.07, 6.45) is 1.53. The van der Waals surface area contributed by atoms with Crippen molar-refractivity contribution in [1.82, 2.24) is 0 Å². The van der Waals surface area contributed by atoms with E-state index in [4.69, 9.17) is 5.73 Å². The lowest BCUT2D eigenvalue weighted by molar-refractivity contribution is 0.593. The smallest absolute Gasteiger partial charge is 0.131 e.